The van der Waals surface area contributed by atoms with Crippen molar-refractivity contribution in [2.45, 2.75) is 44.8 Å². The summed E-state index contributed by atoms with van der Waals surface area (Å²) in [5.41, 5.74) is -1.58. The van der Waals surface area contributed by atoms with Gasteiger partial charge >= 0.3 is 18.3 Å². The Bertz CT molecular complexity index is 2120. The van der Waals surface area contributed by atoms with Gasteiger partial charge in [-0.3, -0.25) is 0 Å². The number of alkyl halides is 4. The van der Waals surface area contributed by atoms with Gasteiger partial charge in [-0.15, -0.1) is 0 Å². The Morgan fingerprint density at radius 2 is 1.11 bits per heavy atom. The second-order valence-electron chi connectivity index (χ2n) is 11.8. The first-order chi connectivity index (χ1) is 25.5. The van der Waals surface area contributed by atoms with E-state index in [1.54, 1.807) is 6.07 Å². The van der Waals surface area contributed by atoms with Crippen LogP contribution in [0.3, 0.4) is 0 Å². The fraction of sp³-hybridized carbons (Fsp3) is 0.179. The molecule has 5 aromatic rings. The second kappa shape index (κ2) is 16.2. The normalized spacial score (nSPS) is 11.7. The smallest absolute Gasteiger partial charge is 0.432 e. The molecule has 15 heteroatoms. The Hall–Kier alpha value is -5.60. The van der Waals surface area contributed by atoms with Crippen LogP contribution in [0.2, 0.25) is 0 Å². The highest BCUT2D eigenvalue weighted by Gasteiger charge is 2.43. The van der Waals surface area contributed by atoms with Crippen LogP contribution < -0.4 is 14.2 Å². The van der Waals surface area contributed by atoms with Gasteiger partial charge in [-0.1, -0.05) is 62.2 Å². The van der Waals surface area contributed by atoms with Crippen LogP contribution in [0.5, 0.6) is 17.2 Å². The molecule has 5 rings (SSSR count). The number of benzene rings is 5. The van der Waals surface area contributed by atoms with Gasteiger partial charge in [0.25, 0.3) is 0 Å². The van der Waals surface area contributed by atoms with Crippen LogP contribution in [0.25, 0.3) is 22.3 Å². The van der Waals surface area contributed by atoms with Gasteiger partial charge in [0.15, 0.2) is 23.6 Å². The third kappa shape index (κ3) is 9.12. The Labute approximate surface area is 300 Å². The zero-order valence-corrected chi connectivity index (χ0v) is 27.7. The van der Waals surface area contributed by atoms with Gasteiger partial charge in [-0.2, -0.15) is 26.3 Å². The first kappa shape index (κ1) is 39.6. The fourth-order valence-electron chi connectivity index (χ4n) is 5.39. The topological polar surface area (TPSA) is 27.7 Å². The summed E-state index contributed by atoms with van der Waals surface area (Å²) in [6.45, 7) is 2.10. The number of unbranched alkanes of at least 4 members (excludes halogenated alkanes) is 2. The number of aryl methyl sites for hydroxylation is 1. The minimum atomic E-state index is -5.05. The third-order valence-electron chi connectivity index (χ3n) is 7.96. The van der Waals surface area contributed by atoms with Crippen LogP contribution in [-0.4, -0.2) is 0 Å². The predicted molar refractivity (Wildman–Crippen MR) is 173 cm³/mol. The van der Waals surface area contributed by atoms with Crippen molar-refractivity contribution in [3.8, 4) is 39.5 Å². The molecule has 5 aromatic carbocycles. The quantitative estimate of drug-likeness (QED) is 0.0639. The lowest BCUT2D eigenvalue weighted by molar-refractivity contribution is -0.191. The molecule has 0 amide bonds. The first-order valence-electron chi connectivity index (χ1n) is 16.0. The number of hydrogen-bond acceptors (Lipinski definition) is 3. The van der Waals surface area contributed by atoms with Crippen LogP contribution in [-0.2, 0) is 18.6 Å². The van der Waals surface area contributed by atoms with E-state index in [1.165, 1.54) is 12.1 Å². The predicted octanol–water partition coefficient (Wildman–Crippen LogP) is 13.0. The van der Waals surface area contributed by atoms with Crippen LogP contribution in [0.15, 0.2) is 97.3 Å². The summed E-state index contributed by atoms with van der Waals surface area (Å²) in [4.78, 5) is 0. The van der Waals surface area contributed by atoms with Crippen molar-refractivity contribution in [3.63, 3.8) is 0 Å². The number of ether oxygens (including phenoxy) is 3. The van der Waals surface area contributed by atoms with Gasteiger partial charge in [-0.25, -0.2) is 26.3 Å². The van der Waals surface area contributed by atoms with Gasteiger partial charge in [-0.05, 0) is 53.3 Å². The average Bonchev–Trinajstić information content (AvgIpc) is 3.07. The second-order valence-corrected chi connectivity index (χ2v) is 11.8. The van der Waals surface area contributed by atoms with Gasteiger partial charge in [0, 0.05) is 29.8 Å². The zero-order chi connectivity index (χ0) is 39.4. The standard InChI is InChI=1S/C39H26F12O3/c1-2-3-4-5-21-6-8-22(9-7-21)23-10-12-27(29(40)14-23)24-11-13-28(30(41)15-24)38(48,49)53-25-16-31(42)36(32(43)17-25)39(50,51)54-26-18-33(44)37(34(45)19-26)52-20-35(46)47/h6-20H,2-5H2,1H3. The van der Waals surface area contributed by atoms with Crippen molar-refractivity contribution >= 4 is 0 Å². The molecule has 0 atom stereocenters. The zero-order valence-electron chi connectivity index (χ0n) is 27.7. The van der Waals surface area contributed by atoms with E-state index in [0.29, 0.717) is 23.3 Å². The maximum absolute atomic E-state index is 15.2. The average molecular weight is 771 g/mol. The molecule has 284 valence electrons. The summed E-state index contributed by atoms with van der Waals surface area (Å²) in [5, 5.41) is 0. The minimum Gasteiger partial charge on any atom is -0.453 e. The van der Waals surface area contributed by atoms with Crippen molar-refractivity contribution in [3.05, 3.63) is 149 Å². The van der Waals surface area contributed by atoms with E-state index < -0.39 is 81.6 Å². The summed E-state index contributed by atoms with van der Waals surface area (Å²) in [5.74, 6) is -14.7. The summed E-state index contributed by atoms with van der Waals surface area (Å²) in [6, 6.07) is 13.5. The molecule has 54 heavy (non-hydrogen) atoms. The Morgan fingerprint density at radius 3 is 1.67 bits per heavy atom. The van der Waals surface area contributed by atoms with E-state index >= 15 is 17.6 Å². The molecule has 0 radical (unpaired) electrons. The lowest BCUT2D eigenvalue weighted by atomic mass is 9.97. The van der Waals surface area contributed by atoms with Gasteiger partial charge in [0.2, 0.25) is 0 Å². The van der Waals surface area contributed by atoms with E-state index in [0.717, 1.165) is 37.3 Å². The van der Waals surface area contributed by atoms with Crippen LogP contribution in [0, 0.1) is 34.9 Å². The Kier molecular flexibility index (Phi) is 11.9. The van der Waals surface area contributed by atoms with Crippen LogP contribution >= 0.6 is 0 Å². The van der Waals surface area contributed by atoms with Crippen molar-refractivity contribution in [2.75, 3.05) is 0 Å². The minimum absolute atomic E-state index is 0.0299. The van der Waals surface area contributed by atoms with Crippen molar-refractivity contribution < 1.29 is 66.9 Å². The highest BCUT2D eigenvalue weighted by atomic mass is 19.3. The molecular formula is C39H26F12O3. The van der Waals surface area contributed by atoms with Crippen molar-refractivity contribution in [1.82, 2.24) is 0 Å². The van der Waals surface area contributed by atoms with Crippen molar-refractivity contribution in [2.24, 2.45) is 0 Å². The van der Waals surface area contributed by atoms with Crippen molar-refractivity contribution in [1.29, 1.82) is 0 Å². The molecule has 0 aromatic heterocycles. The van der Waals surface area contributed by atoms with Gasteiger partial charge in [0.05, 0.1) is 5.56 Å². The van der Waals surface area contributed by atoms with E-state index in [4.69, 9.17) is 0 Å². The number of rotatable bonds is 14. The van der Waals surface area contributed by atoms with E-state index in [-0.39, 0.29) is 41.7 Å². The molecule has 0 aliphatic heterocycles. The third-order valence-corrected chi connectivity index (χ3v) is 7.96. The van der Waals surface area contributed by atoms with Crippen LogP contribution in [0.4, 0.5) is 52.7 Å². The van der Waals surface area contributed by atoms with E-state index in [9.17, 15) is 35.1 Å². The number of halogens is 12. The monoisotopic (exact) mass is 770 g/mol. The lowest BCUT2D eigenvalue weighted by Gasteiger charge is -2.22. The maximum Gasteiger partial charge on any atom is 0.432 e. The number of hydrogen-bond donors (Lipinski definition) is 0. The molecule has 0 heterocycles. The summed E-state index contributed by atoms with van der Waals surface area (Å²) >= 11 is 0. The molecular weight excluding hydrogens is 744 g/mol. The molecule has 0 saturated heterocycles. The molecule has 0 N–H and O–H groups in total. The largest absolute Gasteiger partial charge is 0.453 e. The molecule has 0 fully saturated rings. The molecule has 0 saturated carbocycles. The maximum atomic E-state index is 15.2. The first-order valence-corrected chi connectivity index (χ1v) is 16.0. The molecule has 3 nitrogen and oxygen atoms in total. The fourth-order valence-corrected chi connectivity index (χ4v) is 5.39. The summed E-state index contributed by atoms with van der Waals surface area (Å²) < 4.78 is 184. The summed E-state index contributed by atoms with van der Waals surface area (Å²) in [6.07, 6.45) is -8.44. The Balaban J connectivity index is 1.31. The highest BCUT2D eigenvalue weighted by molar-refractivity contribution is 5.71. The Morgan fingerprint density at radius 1 is 0.574 bits per heavy atom. The van der Waals surface area contributed by atoms with Crippen LogP contribution in [0.1, 0.15) is 42.9 Å². The van der Waals surface area contributed by atoms with E-state index in [1.807, 2.05) is 24.3 Å². The molecule has 0 unspecified atom stereocenters. The van der Waals surface area contributed by atoms with E-state index in [2.05, 4.69) is 21.1 Å². The molecule has 0 spiro atoms. The lowest BCUT2D eigenvalue weighted by Crippen LogP contribution is -2.26. The van der Waals surface area contributed by atoms with Gasteiger partial charge in [0.1, 0.15) is 40.3 Å². The SMILES string of the molecule is CCCCCc1ccc(-c2ccc(-c3ccc(C(F)(F)Oc4cc(F)c(C(F)(F)Oc5cc(F)c(OC=C(F)F)c(F)c5)c(F)c4)c(F)c3)c(F)c2)cc1. The summed E-state index contributed by atoms with van der Waals surface area (Å²) in [7, 11) is 0. The highest BCUT2D eigenvalue weighted by Crippen LogP contribution is 2.41. The molecule has 0 aliphatic rings. The van der Waals surface area contributed by atoms with Gasteiger partial charge < -0.3 is 14.2 Å². The molecule has 0 bridgehead atoms. The molecule has 0 aliphatic carbocycles.